The molecule has 3 N–H and O–H groups in total. The summed E-state index contributed by atoms with van der Waals surface area (Å²) in [4.78, 5) is 34.2. The van der Waals surface area contributed by atoms with Gasteiger partial charge < -0.3 is 15.7 Å². The minimum Gasteiger partial charge on any atom is -0.480 e. The maximum absolute atomic E-state index is 12.1. The number of rotatable bonds is 5. The van der Waals surface area contributed by atoms with Crippen molar-refractivity contribution in [2.75, 3.05) is 11.9 Å². The van der Waals surface area contributed by atoms with Gasteiger partial charge in [-0.15, -0.1) is 0 Å². The molecular weight excluding hydrogens is 364 g/mol. The van der Waals surface area contributed by atoms with Crippen LogP contribution in [0.4, 0.5) is 5.69 Å². The van der Waals surface area contributed by atoms with Crippen LogP contribution in [0.2, 0.25) is 0 Å². The number of aliphatic carboxylic acids is 1. The highest BCUT2D eigenvalue weighted by Crippen LogP contribution is 2.18. The molecule has 0 unspecified atom stereocenters. The first kappa shape index (κ1) is 16.7. The van der Waals surface area contributed by atoms with Gasteiger partial charge in [0, 0.05) is 15.7 Å². The van der Waals surface area contributed by atoms with Crippen LogP contribution in [-0.2, 0) is 4.79 Å². The molecule has 23 heavy (non-hydrogen) atoms. The van der Waals surface area contributed by atoms with Crippen LogP contribution in [0.1, 0.15) is 20.7 Å². The fraction of sp³-hybridized carbons (Fsp3) is 0.0625. The van der Waals surface area contributed by atoms with Gasteiger partial charge in [0.2, 0.25) is 0 Å². The van der Waals surface area contributed by atoms with Gasteiger partial charge in [-0.05, 0) is 52.3 Å². The number of carboxylic acid groups (broad SMARTS) is 1. The van der Waals surface area contributed by atoms with E-state index in [0.29, 0.717) is 21.3 Å². The van der Waals surface area contributed by atoms with Crippen LogP contribution in [0, 0.1) is 0 Å². The van der Waals surface area contributed by atoms with E-state index in [-0.39, 0.29) is 5.91 Å². The topological polar surface area (TPSA) is 95.5 Å². The molecule has 0 aliphatic heterocycles. The molecule has 2 rings (SSSR count). The van der Waals surface area contributed by atoms with Gasteiger partial charge in [0.15, 0.2) is 0 Å². The van der Waals surface area contributed by atoms with Gasteiger partial charge in [-0.3, -0.25) is 14.4 Å². The van der Waals surface area contributed by atoms with Crippen molar-refractivity contribution >= 4 is 39.4 Å². The van der Waals surface area contributed by atoms with Crippen LogP contribution in [0.5, 0.6) is 0 Å². The minimum absolute atomic E-state index is 0.277. The van der Waals surface area contributed by atoms with Crippen LogP contribution in [0.3, 0.4) is 0 Å². The smallest absolute Gasteiger partial charge is 0.322 e. The fourth-order valence-electron chi connectivity index (χ4n) is 1.81. The number of hydrogen-bond donors (Lipinski definition) is 3. The van der Waals surface area contributed by atoms with Gasteiger partial charge in [0.05, 0.1) is 5.56 Å². The van der Waals surface area contributed by atoms with Crippen molar-refractivity contribution in [2.45, 2.75) is 0 Å². The van der Waals surface area contributed by atoms with Crippen molar-refractivity contribution in [3.05, 3.63) is 64.1 Å². The van der Waals surface area contributed by atoms with E-state index in [1.54, 1.807) is 30.3 Å². The zero-order chi connectivity index (χ0) is 16.8. The number of carbonyl (C=O) groups excluding carboxylic acids is 2. The third-order valence-electron chi connectivity index (χ3n) is 2.92. The van der Waals surface area contributed by atoms with E-state index in [1.807, 2.05) is 6.07 Å². The lowest BCUT2D eigenvalue weighted by molar-refractivity contribution is -0.135. The van der Waals surface area contributed by atoms with Crippen molar-refractivity contribution in [1.29, 1.82) is 0 Å². The van der Waals surface area contributed by atoms with Gasteiger partial charge in [-0.1, -0.05) is 12.1 Å². The molecule has 2 amide bonds. The molecule has 0 atom stereocenters. The second-order valence-corrected chi connectivity index (χ2v) is 5.44. The number of amides is 2. The lowest BCUT2D eigenvalue weighted by Gasteiger charge is -2.08. The minimum atomic E-state index is -1.12. The Morgan fingerprint density at radius 2 is 1.61 bits per heavy atom. The van der Waals surface area contributed by atoms with E-state index in [0.717, 1.165) is 0 Å². The first-order valence-electron chi connectivity index (χ1n) is 6.63. The molecule has 0 fully saturated rings. The van der Waals surface area contributed by atoms with Crippen molar-refractivity contribution in [3.63, 3.8) is 0 Å². The number of nitrogens with one attached hydrogen (secondary N) is 2. The monoisotopic (exact) mass is 376 g/mol. The third-order valence-corrected chi connectivity index (χ3v) is 3.62. The van der Waals surface area contributed by atoms with Gasteiger partial charge in [-0.25, -0.2) is 0 Å². The Hall–Kier alpha value is -2.67. The average Bonchev–Trinajstić information content (AvgIpc) is 2.53. The summed E-state index contributed by atoms with van der Waals surface area (Å²) in [5.41, 5.74) is 1.33. The lowest BCUT2D eigenvalue weighted by Crippen LogP contribution is -2.29. The molecule has 0 spiro atoms. The van der Waals surface area contributed by atoms with E-state index in [1.165, 1.54) is 12.1 Å². The summed E-state index contributed by atoms with van der Waals surface area (Å²) in [6.45, 7) is -0.445. The Bertz CT molecular complexity index is 744. The molecule has 0 saturated heterocycles. The molecule has 2 aromatic rings. The zero-order valence-corrected chi connectivity index (χ0v) is 13.5. The molecule has 118 valence electrons. The summed E-state index contributed by atoms with van der Waals surface area (Å²) < 4.78 is 0.683. The molecule has 0 radical (unpaired) electrons. The summed E-state index contributed by atoms with van der Waals surface area (Å²) in [5.74, 6) is -1.88. The molecule has 6 nitrogen and oxygen atoms in total. The van der Waals surface area contributed by atoms with Gasteiger partial charge in [0.25, 0.3) is 11.8 Å². The predicted octanol–water partition coefficient (Wildman–Crippen LogP) is 2.52. The Balaban J connectivity index is 2.03. The van der Waals surface area contributed by atoms with Crippen molar-refractivity contribution in [1.82, 2.24) is 5.32 Å². The molecule has 2 aromatic carbocycles. The zero-order valence-electron chi connectivity index (χ0n) is 11.9. The van der Waals surface area contributed by atoms with Gasteiger partial charge >= 0.3 is 5.97 Å². The molecule has 0 aliphatic rings. The molecule has 0 aliphatic carbocycles. The summed E-state index contributed by atoms with van der Waals surface area (Å²) in [7, 11) is 0. The van der Waals surface area contributed by atoms with E-state index >= 15 is 0 Å². The maximum Gasteiger partial charge on any atom is 0.322 e. The Labute approximate surface area is 140 Å². The van der Waals surface area contributed by atoms with Crippen LogP contribution >= 0.6 is 15.9 Å². The Morgan fingerprint density at radius 3 is 2.22 bits per heavy atom. The molecule has 0 heterocycles. The van der Waals surface area contributed by atoms with Crippen molar-refractivity contribution < 1.29 is 19.5 Å². The van der Waals surface area contributed by atoms with Crippen LogP contribution in [0.25, 0.3) is 0 Å². The van der Waals surface area contributed by atoms with Gasteiger partial charge in [0.1, 0.15) is 6.54 Å². The highest BCUT2D eigenvalue weighted by atomic mass is 79.9. The molecule has 0 saturated carbocycles. The van der Waals surface area contributed by atoms with E-state index in [2.05, 4.69) is 26.6 Å². The first-order chi connectivity index (χ1) is 11.0. The number of carbonyl (C=O) groups is 3. The summed E-state index contributed by atoms with van der Waals surface area (Å²) in [6, 6.07) is 13.2. The summed E-state index contributed by atoms with van der Waals surface area (Å²) in [5, 5.41) is 13.5. The number of anilines is 1. The Morgan fingerprint density at radius 1 is 0.957 bits per heavy atom. The number of halogens is 1. The van der Waals surface area contributed by atoms with E-state index < -0.39 is 18.4 Å². The molecule has 0 bridgehead atoms. The highest BCUT2D eigenvalue weighted by molar-refractivity contribution is 9.10. The van der Waals surface area contributed by atoms with Gasteiger partial charge in [-0.2, -0.15) is 0 Å². The van der Waals surface area contributed by atoms with Crippen LogP contribution < -0.4 is 10.6 Å². The molecule has 7 heteroatoms. The highest BCUT2D eigenvalue weighted by Gasteiger charge is 2.10. The second kappa shape index (κ2) is 7.55. The number of carboxylic acids is 1. The predicted molar refractivity (Wildman–Crippen MR) is 88.5 cm³/mol. The third kappa shape index (κ3) is 4.65. The van der Waals surface area contributed by atoms with Crippen molar-refractivity contribution in [2.24, 2.45) is 0 Å². The largest absolute Gasteiger partial charge is 0.480 e. The normalized spacial score (nSPS) is 9.96. The van der Waals surface area contributed by atoms with Crippen molar-refractivity contribution in [3.8, 4) is 0 Å². The van der Waals surface area contributed by atoms with E-state index in [9.17, 15) is 14.4 Å². The quantitative estimate of drug-likeness (QED) is 0.746. The Kier molecular flexibility index (Phi) is 5.48. The molecule has 0 aromatic heterocycles. The van der Waals surface area contributed by atoms with Crippen LogP contribution in [-0.4, -0.2) is 29.4 Å². The van der Waals surface area contributed by atoms with E-state index in [4.69, 9.17) is 5.11 Å². The first-order valence-corrected chi connectivity index (χ1v) is 7.42. The van der Waals surface area contributed by atoms with Crippen LogP contribution in [0.15, 0.2) is 53.0 Å². The lowest BCUT2D eigenvalue weighted by atomic mass is 10.1. The summed E-state index contributed by atoms with van der Waals surface area (Å²) in [6.07, 6.45) is 0. The second-order valence-electron chi connectivity index (χ2n) is 4.59. The SMILES string of the molecule is O=C(O)CNC(=O)c1ccc(NC(=O)c2ccccc2Br)cc1. The molecular formula is C16H13BrN2O4. The fourth-order valence-corrected chi connectivity index (χ4v) is 2.27. The standard InChI is InChI=1S/C16H13BrN2O4/c17-13-4-2-1-3-12(13)16(23)19-11-7-5-10(6-8-11)15(22)18-9-14(20)21/h1-8H,9H2,(H,18,22)(H,19,23)(H,20,21). The number of benzene rings is 2. The summed E-state index contributed by atoms with van der Waals surface area (Å²) >= 11 is 3.31. The average molecular weight is 377 g/mol. The maximum atomic E-state index is 12.1. The number of hydrogen-bond acceptors (Lipinski definition) is 3.